The predicted molar refractivity (Wildman–Crippen MR) is 51.3 cm³/mol. The third kappa shape index (κ3) is 2.34. The van der Waals surface area contributed by atoms with Gasteiger partial charge in [-0.1, -0.05) is 6.58 Å². The van der Waals surface area contributed by atoms with Crippen LogP contribution in [0.5, 0.6) is 0 Å². The molecule has 0 aromatic carbocycles. The Labute approximate surface area is 91.8 Å². The molecular formula is C9H16O7. The maximum Gasteiger partial charge on any atom is 0.202 e. The van der Waals surface area contributed by atoms with E-state index in [1.54, 1.807) is 0 Å². The second-order valence-corrected chi connectivity index (χ2v) is 3.85. The maximum absolute atomic E-state index is 9.82. The summed E-state index contributed by atoms with van der Waals surface area (Å²) in [5, 5.41) is 56.0. The standard InChI is InChI=1S/C9H16O7/c1-4(11)2-9(15)8(14)7(13)6(12)5(3-10)16-9/h5-8,10-15H,1-3H2/t5-,6-,7+,8-,9?/m1/s1. The summed E-state index contributed by atoms with van der Waals surface area (Å²) in [5.41, 5.74) is 0. The Morgan fingerprint density at radius 3 is 2.25 bits per heavy atom. The fourth-order valence-corrected chi connectivity index (χ4v) is 1.66. The number of aliphatic hydroxyl groups is 6. The first-order chi connectivity index (χ1) is 7.31. The summed E-state index contributed by atoms with van der Waals surface area (Å²) in [6, 6.07) is 0. The van der Waals surface area contributed by atoms with Crippen LogP contribution in [0.2, 0.25) is 0 Å². The van der Waals surface area contributed by atoms with Gasteiger partial charge in [0.05, 0.1) is 18.8 Å². The molecule has 0 aromatic rings. The van der Waals surface area contributed by atoms with Crippen molar-refractivity contribution in [2.75, 3.05) is 6.61 Å². The molecule has 6 N–H and O–H groups in total. The van der Waals surface area contributed by atoms with E-state index in [1.807, 2.05) is 0 Å². The lowest BCUT2D eigenvalue weighted by Gasteiger charge is -2.45. The zero-order valence-electron chi connectivity index (χ0n) is 8.52. The molecule has 0 aromatic heterocycles. The van der Waals surface area contributed by atoms with Crippen molar-refractivity contribution < 1.29 is 35.4 Å². The fraction of sp³-hybridized carbons (Fsp3) is 0.778. The molecule has 1 aliphatic heterocycles. The lowest BCUT2D eigenvalue weighted by Crippen LogP contribution is -2.65. The minimum Gasteiger partial charge on any atom is -0.513 e. The van der Waals surface area contributed by atoms with Gasteiger partial charge in [-0.25, -0.2) is 0 Å². The molecule has 0 radical (unpaired) electrons. The lowest BCUT2D eigenvalue weighted by atomic mass is 9.90. The van der Waals surface area contributed by atoms with Gasteiger partial charge in [-0.2, -0.15) is 0 Å². The number of rotatable bonds is 3. The molecule has 0 saturated carbocycles. The van der Waals surface area contributed by atoms with Gasteiger partial charge in [-0.15, -0.1) is 0 Å². The van der Waals surface area contributed by atoms with Crippen LogP contribution in [-0.2, 0) is 4.74 Å². The minimum absolute atomic E-state index is 0.457. The van der Waals surface area contributed by atoms with Crippen molar-refractivity contribution in [3.63, 3.8) is 0 Å². The number of hydrogen-bond donors (Lipinski definition) is 6. The topological polar surface area (TPSA) is 131 Å². The van der Waals surface area contributed by atoms with E-state index in [9.17, 15) is 20.4 Å². The van der Waals surface area contributed by atoms with Crippen LogP contribution in [0.15, 0.2) is 12.3 Å². The Kier molecular flexibility index (Phi) is 3.89. The van der Waals surface area contributed by atoms with Crippen molar-refractivity contribution in [2.24, 2.45) is 0 Å². The van der Waals surface area contributed by atoms with Gasteiger partial charge in [0.15, 0.2) is 0 Å². The van der Waals surface area contributed by atoms with Crippen LogP contribution in [-0.4, -0.2) is 67.4 Å². The highest BCUT2D eigenvalue weighted by atomic mass is 16.7. The van der Waals surface area contributed by atoms with Crippen LogP contribution in [0.25, 0.3) is 0 Å². The summed E-state index contributed by atoms with van der Waals surface area (Å²) in [6.45, 7) is 2.47. The molecule has 7 heteroatoms. The van der Waals surface area contributed by atoms with E-state index in [-0.39, 0.29) is 0 Å². The van der Waals surface area contributed by atoms with E-state index in [1.165, 1.54) is 0 Å². The molecule has 0 spiro atoms. The van der Waals surface area contributed by atoms with E-state index in [2.05, 4.69) is 6.58 Å². The smallest absolute Gasteiger partial charge is 0.202 e. The fourth-order valence-electron chi connectivity index (χ4n) is 1.66. The van der Waals surface area contributed by atoms with Crippen LogP contribution < -0.4 is 0 Å². The molecule has 0 bridgehead atoms. The van der Waals surface area contributed by atoms with E-state index in [4.69, 9.17) is 14.9 Å². The van der Waals surface area contributed by atoms with Gasteiger partial charge in [-0.3, -0.25) is 0 Å². The Bertz CT molecular complexity index is 267. The first-order valence-electron chi connectivity index (χ1n) is 4.74. The molecule has 1 aliphatic rings. The molecule has 5 atom stereocenters. The van der Waals surface area contributed by atoms with Crippen LogP contribution in [0, 0.1) is 0 Å². The highest BCUT2D eigenvalue weighted by Crippen LogP contribution is 2.31. The second kappa shape index (κ2) is 4.66. The summed E-state index contributed by atoms with van der Waals surface area (Å²) in [6.07, 6.45) is -6.80. The predicted octanol–water partition coefficient (Wildman–Crippen LogP) is -2.39. The van der Waals surface area contributed by atoms with Crippen LogP contribution >= 0.6 is 0 Å². The van der Waals surface area contributed by atoms with E-state index in [0.717, 1.165) is 0 Å². The molecule has 1 heterocycles. The molecule has 1 rings (SSSR count). The van der Waals surface area contributed by atoms with Crippen molar-refractivity contribution in [1.29, 1.82) is 0 Å². The zero-order valence-corrected chi connectivity index (χ0v) is 8.52. The molecule has 94 valence electrons. The van der Waals surface area contributed by atoms with Gasteiger partial charge in [0.25, 0.3) is 0 Å². The Balaban J connectivity index is 2.89. The summed E-state index contributed by atoms with van der Waals surface area (Å²) in [5.74, 6) is -2.74. The molecule has 16 heavy (non-hydrogen) atoms. The van der Waals surface area contributed by atoms with E-state index < -0.39 is 49.0 Å². The molecule has 0 amide bonds. The van der Waals surface area contributed by atoms with Crippen molar-refractivity contribution >= 4 is 0 Å². The van der Waals surface area contributed by atoms with Crippen molar-refractivity contribution in [3.05, 3.63) is 12.3 Å². The third-order valence-electron chi connectivity index (χ3n) is 2.51. The van der Waals surface area contributed by atoms with E-state index >= 15 is 0 Å². The minimum atomic E-state index is -2.28. The van der Waals surface area contributed by atoms with Gasteiger partial charge in [-0.05, 0) is 0 Å². The average molecular weight is 236 g/mol. The highest BCUT2D eigenvalue weighted by molar-refractivity contribution is 5.00. The van der Waals surface area contributed by atoms with Gasteiger partial charge < -0.3 is 35.4 Å². The monoisotopic (exact) mass is 236 g/mol. The molecule has 7 nitrogen and oxygen atoms in total. The first kappa shape index (κ1) is 13.4. The number of ether oxygens (including phenoxy) is 1. The summed E-state index contributed by atoms with van der Waals surface area (Å²) < 4.78 is 4.85. The number of aliphatic hydroxyl groups excluding tert-OH is 5. The molecule has 1 fully saturated rings. The highest BCUT2D eigenvalue weighted by Gasteiger charge is 2.52. The summed E-state index contributed by atoms with van der Waals surface area (Å²) >= 11 is 0. The Hall–Kier alpha value is -0.700. The van der Waals surface area contributed by atoms with Gasteiger partial charge >= 0.3 is 0 Å². The molecular weight excluding hydrogens is 220 g/mol. The largest absolute Gasteiger partial charge is 0.513 e. The first-order valence-corrected chi connectivity index (χ1v) is 4.74. The average Bonchev–Trinajstić information content (AvgIpc) is 2.20. The van der Waals surface area contributed by atoms with Gasteiger partial charge in [0.2, 0.25) is 5.79 Å². The van der Waals surface area contributed by atoms with Gasteiger partial charge in [0.1, 0.15) is 24.4 Å². The quantitative estimate of drug-likeness (QED) is 0.301. The molecule has 1 saturated heterocycles. The summed E-state index contributed by atoms with van der Waals surface area (Å²) in [7, 11) is 0. The molecule has 0 aliphatic carbocycles. The van der Waals surface area contributed by atoms with E-state index in [0.29, 0.717) is 0 Å². The maximum atomic E-state index is 9.82. The van der Waals surface area contributed by atoms with Crippen molar-refractivity contribution in [1.82, 2.24) is 0 Å². The third-order valence-corrected chi connectivity index (χ3v) is 2.51. The van der Waals surface area contributed by atoms with Crippen molar-refractivity contribution in [2.45, 2.75) is 36.6 Å². The lowest BCUT2D eigenvalue weighted by molar-refractivity contribution is -0.349. The zero-order chi connectivity index (χ0) is 12.5. The molecule has 1 unspecified atom stereocenters. The second-order valence-electron chi connectivity index (χ2n) is 3.85. The summed E-state index contributed by atoms with van der Waals surface area (Å²) in [4.78, 5) is 0. The Morgan fingerprint density at radius 1 is 1.25 bits per heavy atom. The van der Waals surface area contributed by atoms with Crippen LogP contribution in [0.3, 0.4) is 0 Å². The van der Waals surface area contributed by atoms with Gasteiger partial charge in [0, 0.05) is 0 Å². The normalized spacial score (nSPS) is 44.3. The number of hydrogen-bond acceptors (Lipinski definition) is 7. The SMILES string of the molecule is C=C(O)CC1(O)O[C@H](CO)[C@@H](O)[C@H](O)[C@H]1O. The van der Waals surface area contributed by atoms with Crippen molar-refractivity contribution in [3.8, 4) is 0 Å². The van der Waals surface area contributed by atoms with Crippen LogP contribution in [0.4, 0.5) is 0 Å². The van der Waals surface area contributed by atoms with Crippen LogP contribution in [0.1, 0.15) is 6.42 Å². The Morgan fingerprint density at radius 2 is 1.81 bits per heavy atom.